The number of carbonyl (C=O) groups is 5. The maximum atomic E-state index is 13.4. The number of carboxylic acids is 1. The number of allylic oxidation sites excluding steroid dienone is 1. The first kappa shape index (κ1) is 44.8. The number of ketones is 1. The molecular formula is C40H54N4O13. The van der Waals surface area contributed by atoms with Crippen LogP contribution in [0.1, 0.15) is 73.9 Å². The number of nitrogens with one attached hydrogen (secondary N) is 3. The van der Waals surface area contributed by atoms with Gasteiger partial charge in [0, 0.05) is 24.8 Å². The topological polar surface area (TPSA) is 265 Å². The van der Waals surface area contributed by atoms with Crippen molar-refractivity contribution in [2.75, 3.05) is 31.6 Å². The van der Waals surface area contributed by atoms with Crippen molar-refractivity contribution in [3.8, 4) is 5.75 Å². The Balaban J connectivity index is 1.35. The molecule has 0 saturated carbocycles. The Morgan fingerprint density at radius 1 is 0.982 bits per heavy atom. The predicted molar refractivity (Wildman–Crippen MR) is 205 cm³/mol. The fraction of sp³-hybridized carbons (Fsp3) is 0.525. The molecule has 6 atom stereocenters. The number of ether oxygens (including phenoxy) is 4. The van der Waals surface area contributed by atoms with Crippen LogP contribution >= 0.6 is 0 Å². The SMILES string of the molecule is CC(C)(C[C@@H](N)Cc1ccc(NC(=O)OCc2ccc(O[C@@H]3O[C@H](CO)[C@@H](O)C(=O)[C@H]3O)c(C(=O)NCCNC(=O)COC3C=CCCCCC3)c2)cc1)C(=O)O. The van der Waals surface area contributed by atoms with Gasteiger partial charge in [0.2, 0.25) is 12.2 Å². The van der Waals surface area contributed by atoms with E-state index < -0.39 is 60.4 Å². The Morgan fingerprint density at radius 2 is 1.70 bits per heavy atom. The maximum absolute atomic E-state index is 13.4. The lowest BCUT2D eigenvalue weighted by molar-refractivity contribution is -0.229. The summed E-state index contributed by atoms with van der Waals surface area (Å²) >= 11 is 0. The van der Waals surface area contributed by atoms with Crippen LogP contribution < -0.4 is 26.4 Å². The Morgan fingerprint density at radius 3 is 2.42 bits per heavy atom. The standard InChI is InChI=1S/C40H54N4O13/c1-40(2,38(51)52)20-26(41)18-24-10-13-27(14-11-24)44-39(53)55-22-25-12-15-30(56-37-35(49)34(48)33(47)31(21-45)57-37)29(19-25)36(50)43-17-16-42-32(46)23-54-28-8-6-4-3-5-7-9-28/h6,8,10-15,19,26,28,31,33,35,37,45,47,49H,3-5,7,9,16-18,20-23,41H2,1-2H3,(H,42,46)(H,43,50)(H,44,53)(H,51,52)/t26-,28?,31+,33+,35+,37+/m0/s1. The average molecular weight is 799 g/mol. The van der Waals surface area contributed by atoms with E-state index >= 15 is 0 Å². The number of rotatable bonds is 18. The number of carboxylic acid groups (broad SMARTS) is 1. The monoisotopic (exact) mass is 798 g/mol. The molecule has 1 aliphatic carbocycles. The van der Waals surface area contributed by atoms with Gasteiger partial charge >= 0.3 is 12.1 Å². The van der Waals surface area contributed by atoms with Crippen LogP contribution in [0, 0.1) is 5.41 Å². The third-order valence-corrected chi connectivity index (χ3v) is 9.50. The van der Waals surface area contributed by atoms with Crippen molar-refractivity contribution < 1.29 is 63.3 Å². The van der Waals surface area contributed by atoms with Gasteiger partial charge in [-0.2, -0.15) is 0 Å². The zero-order valence-corrected chi connectivity index (χ0v) is 32.2. The second-order valence-corrected chi connectivity index (χ2v) is 14.7. The van der Waals surface area contributed by atoms with Crippen LogP contribution in [0.25, 0.3) is 0 Å². The van der Waals surface area contributed by atoms with E-state index in [9.17, 15) is 44.4 Å². The zero-order valence-electron chi connectivity index (χ0n) is 32.2. The van der Waals surface area contributed by atoms with E-state index in [2.05, 4.69) is 22.0 Å². The minimum absolute atomic E-state index is 0.00133. The molecule has 3 amide bonds. The lowest BCUT2D eigenvalue weighted by Crippen LogP contribution is -2.57. The number of anilines is 1. The van der Waals surface area contributed by atoms with Crippen molar-refractivity contribution in [3.63, 3.8) is 0 Å². The molecule has 17 heteroatoms. The lowest BCUT2D eigenvalue weighted by atomic mass is 9.84. The molecule has 0 aromatic heterocycles. The zero-order chi connectivity index (χ0) is 41.5. The second kappa shape index (κ2) is 21.6. The van der Waals surface area contributed by atoms with Gasteiger partial charge in [-0.15, -0.1) is 0 Å². The number of aliphatic hydroxyl groups is 3. The number of hydrogen-bond acceptors (Lipinski definition) is 13. The van der Waals surface area contributed by atoms with Gasteiger partial charge in [-0.3, -0.25) is 24.5 Å². The summed E-state index contributed by atoms with van der Waals surface area (Å²) in [4.78, 5) is 62.4. The van der Waals surface area contributed by atoms with Crippen molar-refractivity contribution >= 4 is 35.3 Å². The molecule has 0 radical (unpaired) electrons. The van der Waals surface area contributed by atoms with Crippen LogP contribution in [0.15, 0.2) is 54.6 Å². The molecule has 2 aromatic carbocycles. The van der Waals surface area contributed by atoms with Gasteiger partial charge < -0.3 is 55.7 Å². The van der Waals surface area contributed by atoms with Crippen molar-refractivity contribution in [3.05, 3.63) is 71.3 Å². The summed E-state index contributed by atoms with van der Waals surface area (Å²) in [5.74, 6) is -3.13. The Kier molecular flexibility index (Phi) is 17.0. The van der Waals surface area contributed by atoms with Crippen LogP contribution in [0.5, 0.6) is 5.75 Å². The molecule has 2 aromatic rings. The number of nitrogens with two attached hydrogens (primary N) is 1. The van der Waals surface area contributed by atoms with Crippen LogP contribution in [0.4, 0.5) is 10.5 Å². The molecule has 9 N–H and O–H groups in total. The molecular weight excluding hydrogens is 744 g/mol. The fourth-order valence-electron chi connectivity index (χ4n) is 6.24. The van der Waals surface area contributed by atoms with E-state index in [0.717, 1.165) is 37.7 Å². The summed E-state index contributed by atoms with van der Waals surface area (Å²) in [5, 5.41) is 47.3. The van der Waals surface area contributed by atoms with Crippen LogP contribution in [-0.4, -0.2) is 113 Å². The quantitative estimate of drug-likeness (QED) is 0.0792. The summed E-state index contributed by atoms with van der Waals surface area (Å²) in [6.45, 7) is 2.13. The van der Waals surface area contributed by atoms with Gasteiger partial charge in [-0.1, -0.05) is 43.2 Å². The highest BCUT2D eigenvalue weighted by Crippen LogP contribution is 2.27. The van der Waals surface area contributed by atoms with Gasteiger partial charge in [-0.05, 0) is 81.3 Å². The minimum atomic E-state index is -1.93. The van der Waals surface area contributed by atoms with Crippen molar-refractivity contribution in [1.82, 2.24) is 10.6 Å². The van der Waals surface area contributed by atoms with Gasteiger partial charge in [0.1, 0.15) is 31.2 Å². The fourth-order valence-corrected chi connectivity index (χ4v) is 6.24. The number of hydrogen-bond donors (Lipinski definition) is 8. The van der Waals surface area contributed by atoms with E-state index in [1.165, 1.54) is 18.2 Å². The van der Waals surface area contributed by atoms with E-state index in [-0.39, 0.29) is 62.1 Å². The van der Waals surface area contributed by atoms with Crippen LogP contribution in [-0.2, 0) is 41.6 Å². The van der Waals surface area contributed by atoms with E-state index in [4.69, 9.17) is 24.7 Å². The number of aliphatic hydroxyl groups excluding tert-OH is 3. The Labute approximate surface area is 330 Å². The van der Waals surface area contributed by atoms with Crippen molar-refractivity contribution in [2.24, 2.45) is 11.1 Å². The lowest BCUT2D eigenvalue weighted by Gasteiger charge is -2.35. The van der Waals surface area contributed by atoms with Gasteiger partial charge in [0.25, 0.3) is 5.91 Å². The smallest absolute Gasteiger partial charge is 0.411 e. The molecule has 1 fully saturated rings. The summed E-state index contributed by atoms with van der Waals surface area (Å²) in [7, 11) is 0. The molecule has 2 aliphatic rings. The molecule has 4 rings (SSSR count). The number of benzene rings is 2. The van der Waals surface area contributed by atoms with Gasteiger partial charge in [0.15, 0.2) is 11.9 Å². The summed E-state index contributed by atoms with van der Waals surface area (Å²) < 4.78 is 22.2. The van der Waals surface area contributed by atoms with Crippen molar-refractivity contribution in [2.45, 2.75) is 102 Å². The summed E-state index contributed by atoms with van der Waals surface area (Å²) in [6.07, 6.45) is 2.12. The first-order chi connectivity index (χ1) is 27.2. The van der Waals surface area contributed by atoms with E-state index in [0.29, 0.717) is 17.7 Å². The third kappa shape index (κ3) is 13.9. The van der Waals surface area contributed by atoms with E-state index in [1.807, 2.05) is 6.08 Å². The highest BCUT2D eigenvalue weighted by atomic mass is 16.7. The molecule has 1 unspecified atom stereocenters. The van der Waals surface area contributed by atoms with Crippen LogP contribution in [0.3, 0.4) is 0 Å². The predicted octanol–water partition coefficient (Wildman–Crippen LogP) is 1.94. The van der Waals surface area contributed by atoms with Gasteiger partial charge in [0.05, 0.1) is 23.7 Å². The Hall–Kier alpha value is -4.91. The third-order valence-electron chi connectivity index (χ3n) is 9.50. The highest BCUT2D eigenvalue weighted by molar-refractivity contribution is 5.97. The molecule has 312 valence electrons. The number of aliphatic carboxylic acids is 1. The van der Waals surface area contributed by atoms with E-state index in [1.54, 1.807) is 38.1 Å². The highest BCUT2D eigenvalue weighted by Gasteiger charge is 2.45. The number of carbonyl (C=O) groups excluding carboxylic acids is 4. The normalized spacial score (nSPS) is 21.7. The average Bonchev–Trinajstić information content (AvgIpc) is 3.16. The molecule has 0 spiro atoms. The molecule has 1 aliphatic heterocycles. The minimum Gasteiger partial charge on any atom is -0.481 e. The molecule has 1 saturated heterocycles. The Bertz CT molecular complexity index is 1720. The maximum Gasteiger partial charge on any atom is 0.411 e. The molecule has 57 heavy (non-hydrogen) atoms. The summed E-state index contributed by atoms with van der Waals surface area (Å²) in [5.41, 5.74) is 6.75. The summed E-state index contributed by atoms with van der Waals surface area (Å²) in [6, 6.07) is 10.6. The van der Waals surface area contributed by atoms with Gasteiger partial charge in [-0.25, -0.2) is 4.79 Å². The number of amides is 3. The molecule has 0 bridgehead atoms. The van der Waals surface area contributed by atoms with Crippen LogP contribution in [0.2, 0.25) is 0 Å². The second-order valence-electron chi connectivity index (χ2n) is 14.7. The largest absolute Gasteiger partial charge is 0.481 e. The molecule has 17 nitrogen and oxygen atoms in total. The van der Waals surface area contributed by atoms with Crippen molar-refractivity contribution in [1.29, 1.82) is 0 Å². The first-order valence-corrected chi connectivity index (χ1v) is 19.0. The number of Topliss-reactive ketones (excluding diaryl/α,β-unsaturated/α-hetero) is 1. The molecule has 1 heterocycles. The first-order valence-electron chi connectivity index (χ1n) is 19.0.